The fourth-order valence-corrected chi connectivity index (χ4v) is 2.15. The first-order valence-corrected chi connectivity index (χ1v) is 5.88. The number of carbonyl (C=O) groups is 3. The Hall–Kier alpha value is -1.63. The summed E-state index contributed by atoms with van der Waals surface area (Å²) in [7, 11) is 0. The van der Waals surface area contributed by atoms with Crippen LogP contribution in [0.1, 0.15) is 19.8 Å². The summed E-state index contributed by atoms with van der Waals surface area (Å²) in [6, 6.07) is -0.885. The quantitative estimate of drug-likeness (QED) is 0.575. The van der Waals surface area contributed by atoms with Crippen molar-refractivity contribution in [3.05, 3.63) is 0 Å². The maximum Gasteiger partial charge on any atom is 0.405 e. The second-order valence-electron chi connectivity index (χ2n) is 4.90. The zero-order valence-corrected chi connectivity index (χ0v) is 10.1. The van der Waals surface area contributed by atoms with E-state index in [-0.39, 0.29) is 24.0 Å². The van der Waals surface area contributed by atoms with Gasteiger partial charge in [-0.3, -0.25) is 9.59 Å². The molecule has 3 N–H and O–H groups in total. The van der Waals surface area contributed by atoms with E-state index in [0.717, 1.165) is 0 Å². The highest BCUT2D eigenvalue weighted by atomic mass is 16.6. The third-order valence-corrected chi connectivity index (χ3v) is 3.40. The number of rotatable bonds is 5. The third kappa shape index (κ3) is 2.61. The molecule has 18 heavy (non-hydrogen) atoms. The highest BCUT2D eigenvalue weighted by Gasteiger charge is 2.50. The van der Waals surface area contributed by atoms with Gasteiger partial charge in [0.05, 0.1) is 12.6 Å². The number of nitrogens with one attached hydrogen (secondary N) is 2. The van der Waals surface area contributed by atoms with Gasteiger partial charge in [0.15, 0.2) is 5.78 Å². The number of ether oxygens (including phenoxy) is 1. The van der Waals surface area contributed by atoms with Crippen molar-refractivity contribution in [2.24, 2.45) is 5.92 Å². The number of hydrogen-bond donors (Lipinski definition) is 3. The molecule has 100 valence electrons. The van der Waals surface area contributed by atoms with Crippen molar-refractivity contribution in [1.29, 1.82) is 0 Å². The van der Waals surface area contributed by atoms with Crippen molar-refractivity contribution in [1.82, 2.24) is 10.6 Å². The summed E-state index contributed by atoms with van der Waals surface area (Å²) >= 11 is 0. The molecule has 2 rings (SSSR count). The van der Waals surface area contributed by atoms with E-state index in [9.17, 15) is 14.4 Å². The molecule has 7 heteroatoms. The summed E-state index contributed by atoms with van der Waals surface area (Å²) in [4.78, 5) is 34.2. The molecule has 2 heterocycles. The minimum Gasteiger partial charge on any atom is -0.465 e. The molecule has 2 fully saturated rings. The van der Waals surface area contributed by atoms with Gasteiger partial charge in [-0.25, -0.2) is 4.79 Å². The predicted octanol–water partition coefficient (Wildman–Crippen LogP) is -0.493. The van der Waals surface area contributed by atoms with E-state index in [1.54, 1.807) is 6.92 Å². The molecule has 0 aliphatic carbocycles. The Balaban J connectivity index is 2.02. The van der Waals surface area contributed by atoms with Crippen molar-refractivity contribution in [2.75, 3.05) is 13.2 Å². The van der Waals surface area contributed by atoms with Gasteiger partial charge >= 0.3 is 6.09 Å². The molecule has 0 radical (unpaired) electrons. The van der Waals surface area contributed by atoms with E-state index in [2.05, 4.69) is 10.6 Å². The lowest BCUT2D eigenvalue weighted by atomic mass is 9.91. The zero-order chi connectivity index (χ0) is 13.3. The summed E-state index contributed by atoms with van der Waals surface area (Å²) in [6.07, 6.45) is -0.451. The summed E-state index contributed by atoms with van der Waals surface area (Å²) in [5.41, 5.74) is -0.887. The number of Topliss-reactive ketones (excluding diaryl/α,β-unsaturated/α-hetero) is 1. The Morgan fingerprint density at radius 3 is 2.78 bits per heavy atom. The van der Waals surface area contributed by atoms with Crippen LogP contribution in [0.4, 0.5) is 4.79 Å². The smallest absolute Gasteiger partial charge is 0.405 e. The van der Waals surface area contributed by atoms with E-state index >= 15 is 0 Å². The third-order valence-electron chi connectivity index (χ3n) is 3.40. The van der Waals surface area contributed by atoms with Crippen molar-refractivity contribution in [3.63, 3.8) is 0 Å². The van der Waals surface area contributed by atoms with E-state index in [4.69, 9.17) is 9.84 Å². The predicted molar refractivity (Wildman–Crippen MR) is 60.0 cm³/mol. The van der Waals surface area contributed by atoms with Gasteiger partial charge in [0.25, 0.3) is 0 Å². The van der Waals surface area contributed by atoms with Crippen molar-refractivity contribution in [2.45, 2.75) is 31.4 Å². The Morgan fingerprint density at radius 2 is 2.33 bits per heavy atom. The molecule has 2 aliphatic heterocycles. The van der Waals surface area contributed by atoms with Crippen molar-refractivity contribution < 1.29 is 24.2 Å². The molecule has 1 unspecified atom stereocenters. The molecule has 0 aromatic carbocycles. The summed E-state index contributed by atoms with van der Waals surface area (Å²) in [5, 5.41) is 13.6. The van der Waals surface area contributed by atoms with Crippen LogP contribution >= 0.6 is 0 Å². The van der Waals surface area contributed by atoms with Gasteiger partial charge in [-0.1, -0.05) is 0 Å². The van der Waals surface area contributed by atoms with Crippen LogP contribution in [0, 0.1) is 5.92 Å². The number of carboxylic acid groups (broad SMARTS) is 1. The van der Waals surface area contributed by atoms with Crippen LogP contribution < -0.4 is 10.6 Å². The number of ketones is 1. The monoisotopic (exact) mass is 256 g/mol. The molecule has 2 amide bonds. The molecular weight excluding hydrogens is 240 g/mol. The molecule has 0 saturated carbocycles. The van der Waals surface area contributed by atoms with Gasteiger partial charge in [0.2, 0.25) is 5.91 Å². The Bertz CT molecular complexity index is 391. The highest BCUT2D eigenvalue weighted by Crippen LogP contribution is 2.30. The number of epoxide rings is 1. The lowest BCUT2D eigenvalue weighted by molar-refractivity contribution is -0.127. The number of hydrogen-bond acceptors (Lipinski definition) is 4. The number of carbonyl (C=O) groups excluding carboxylic acids is 2. The largest absolute Gasteiger partial charge is 0.465 e. The van der Waals surface area contributed by atoms with Crippen LogP contribution in [0.3, 0.4) is 0 Å². The molecule has 2 saturated heterocycles. The maximum absolute atomic E-state index is 12.1. The first-order chi connectivity index (χ1) is 8.42. The minimum absolute atomic E-state index is 0.123. The normalized spacial score (nSPS) is 31.6. The van der Waals surface area contributed by atoms with Crippen molar-refractivity contribution >= 4 is 17.8 Å². The van der Waals surface area contributed by atoms with Gasteiger partial charge in [0.1, 0.15) is 5.60 Å². The second kappa shape index (κ2) is 4.56. The fraction of sp³-hybridized carbons (Fsp3) is 0.727. The van der Waals surface area contributed by atoms with Crippen LogP contribution in [-0.4, -0.2) is 47.7 Å². The Morgan fingerprint density at radius 1 is 1.67 bits per heavy atom. The lowest BCUT2D eigenvalue weighted by Gasteiger charge is -2.19. The standard InChI is InChI=1S/C11H16N2O5/c1-11(5-18-11)8(14)7(13-10(16)17)4-6-2-3-12-9(6)15/h6-7,13H,2-5H2,1H3,(H,12,15)(H,16,17)/t6?,7-,11-/m0/s1. The first kappa shape index (κ1) is 12.8. The highest BCUT2D eigenvalue weighted by molar-refractivity contribution is 5.96. The molecule has 0 bridgehead atoms. The van der Waals surface area contributed by atoms with E-state index in [0.29, 0.717) is 19.6 Å². The van der Waals surface area contributed by atoms with Gasteiger partial charge in [0, 0.05) is 12.5 Å². The van der Waals surface area contributed by atoms with Gasteiger partial charge in [-0.15, -0.1) is 0 Å². The molecule has 3 atom stereocenters. The lowest BCUT2D eigenvalue weighted by Crippen LogP contribution is -2.47. The topological polar surface area (TPSA) is 108 Å². The van der Waals surface area contributed by atoms with Crippen LogP contribution in [0.25, 0.3) is 0 Å². The van der Waals surface area contributed by atoms with Crippen LogP contribution in [-0.2, 0) is 14.3 Å². The molecule has 0 aromatic heterocycles. The van der Waals surface area contributed by atoms with E-state index in [1.807, 2.05) is 0 Å². The summed E-state index contributed by atoms with van der Waals surface area (Å²) in [6.45, 7) is 2.51. The van der Waals surface area contributed by atoms with Gasteiger partial charge < -0.3 is 20.5 Å². The summed E-state index contributed by atoms with van der Waals surface area (Å²) in [5.74, 6) is -0.736. The van der Waals surface area contributed by atoms with Crippen LogP contribution in [0.5, 0.6) is 0 Å². The Kier molecular flexibility index (Phi) is 3.25. The average Bonchev–Trinajstić information content (AvgIpc) is 2.92. The SMILES string of the molecule is C[C@@]1(C(=O)[C@H](CC2CCNC2=O)NC(=O)O)CO1. The zero-order valence-electron chi connectivity index (χ0n) is 10.1. The van der Waals surface area contributed by atoms with Gasteiger partial charge in [-0.2, -0.15) is 0 Å². The molecule has 2 aliphatic rings. The average molecular weight is 256 g/mol. The summed E-state index contributed by atoms with van der Waals surface area (Å²) < 4.78 is 5.03. The molecule has 0 aromatic rings. The van der Waals surface area contributed by atoms with Crippen LogP contribution in [0.2, 0.25) is 0 Å². The number of amides is 2. The van der Waals surface area contributed by atoms with Crippen LogP contribution in [0.15, 0.2) is 0 Å². The molecule has 0 spiro atoms. The maximum atomic E-state index is 12.1. The van der Waals surface area contributed by atoms with E-state index in [1.165, 1.54) is 0 Å². The molecule has 7 nitrogen and oxygen atoms in total. The van der Waals surface area contributed by atoms with E-state index < -0.39 is 17.7 Å². The minimum atomic E-state index is -1.27. The van der Waals surface area contributed by atoms with Crippen molar-refractivity contribution in [3.8, 4) is 0 Å². The van der Waals surface area contributed by atoms with Gasteiger partial charge in [-0.05, 0) is 19.8 Å². The fourth-order valence-electron chi connectivity index (χ4n) is 2.15. The first-order valence-electron chi connectivity index (χ1n) is 5.88. The Labute approximate surface area is 104 Å². The second-order valence-corrected chi connectivity index (χ2v) is 4.90. The molecular formula is C11H16N2O5.